The van der Waals surface area contributed by atoms with Gasteiger partial charge < -0.3 is 0 Å². The van der Waals surface area contributed by atoms with E-state index in [0.717, 1.165) is 29.9 Å². The molecule has 4 heteroatoms. The van der Waals surface area contributed by atoms with Gasteiger partial charge in [0.25, 0.3) is 0 Å². The van der Waals surface area contributed by atoms with Crippen LogP contribution in [0.2, 0.25) is 0 Å². The second-order valence-corrected chi connectivity index (χ2v) is 7.81. The van der Waals surface area contributed by atoms with E-state index in [4.69, 9.17) is 4.18 Å². The molecule has 0 saturated carbocycles. The minimum absolute atomic E-state index is 0.676. The lowest BCUT2D eigenvalue weighted by atomic mass is 9.82. The van der Waals surface area contributed by atoms with Gasteiger partial charge in [-0.2, -0.15) is 4.21 Å². The Morgan fingerprint density at radius 1 is 0.885 bits per heavy atom. The highest BCUT2D eigenvalue weighted by Gasteiger charge is 2.37. The first kappa shape index (κ1) is 20.8. The Hall–Kier alpha value is -1.49. The Morgan fingerprint density at radius 2 is 1.38 bits per heavy atom. The van der Waals surface area contributed by atoms with Gasteiger partial charge in [0.15, 0.2) is 0 Å². The van der Waals surface area contributed by atoms with Crippen LogP contribution in [-0.4, -0.2) is 8.76 Å². The van der Waals surface area contributed by atoms with E-state index in [1.54, 1.807) is 0 Å². The SMILES string of the molecule is CC(C)CCCCCCC(OS(=O)O)(c1ccccc1)c1ccccc1. The summed E-state index contributed by atoms with van der Waals surface area (Å²) in [7, 11) is 0. The van der Waals surface area contributed by atoms with E-state index in [1.807, 2.05) is 60.7 Å². The molecule has 0 fully saturated rings. The molecule has 26 heavy (non-hydrogen) atoms. The smallest absolute Gasteiger partial charge is 0.284 e. The van der Waals surface area contributed by atoms with E-state index in [9.17, 15) is 8.76 Å². The Morgan fingerprint density at radius 3 is 1.85 bits per heavy atom. The Balaban J connectivity index is 2.21. The van der Waals surface area contributed by atoms with Crippen LogP contribution in [0.1, 0.15) is 63.5 Å². The lowest BCUT2D eigenvalue weighted by molar-refractivity contribution is 0.102. The van der Waals surface area contributed by atoms with E-state index in [0.29, 0.717) is 6.42 Å². The fourth-order valence-corrected chi connectivity index (χ4v) is 3.93. The van der Waals surface area contributed by atoms with Crippen LogP contribution in [0.15, 0.2) is 60.7 Å². The molecule has 0 aliphatic rings. The monoisotopic (exact) mass is 374 g/mol. The zero-order valence-electron chi connectivity index (χ0n) is 15.8. The third kappa shape index (κ3) is 6.04. The molecule has 0 bridgehead atoms. The summed E-state index contributed by atoms with van der Waals surface area (Å²) in [6.07, 6.45) is 6.37. The van der Waals surface area contributed by atoms with Crippen molar-refractivity contribution >= 4 is 11.4 Å². The average Bonchev–Trinajstić information content (AvgIpc) is 2.64. The number of unbranched alkanes of at least 4 members (excludes halogenated alkanes) is 3. The van der Waals surface area contributed by atoms with Gasteiger partial charge in [0.05, 0.1) is 0 Å². The van der Waals surface area contributed by atoms with Crippen LogP contribution in [0.25, 0.3) is 0 Å². The van der Waals surface area contributed by atoms with Gasteiger partial charge in [-0.25, -0.2) is 0 Å². The van der Waals surface area contributed by atoms with E-state index < -0.39 is 17.0 Å². The van der Waals surface area contributed by atoms with Crippen LogP contribution in [0.5, 0.6) is 0 Å². The van der Waals surface area contributed by atoms with Crippen molar-refractivity contribution in [1.82, 2.24) is 0 Å². The maximum absolute atomic E-state index is 11.7. The first-order valence-electron chi connectivity index (χ1n) is 9.46. The molecule has 2 aromatic carbocycles. The zero-order chi connectivity index (χ0) is 18.8. The van der Waals surface area contributed by atoms with Crippen molar-refractivity contribution < 1.29 is 12.9 Å². The highest BCUT2D eigenvalue weighted by atomic mass is 32.2. The molecule has 0 saturated heterocycles. The summed E-state index contributed by atoms with van der Waals surface area (Å²) >= 11 is -2.35. The first-order chi connectivity index (χ1) is 12.5. The lowest BCUT2D eigenvalue weighted by Gasteiger charge is -2.33. The molecule has 142 valence electrons. The van der Waals surface area contributed by atoms with Crippen molar-refractivity contribution in [3.63, 3.8) is 0 Å². The van der Waals surface area contributed by atoms with Gasteiger partial charge in [-0.05, 0) is 29.9 Å². The summed E-state index contributed by atoms with van der Waals surface area (Å²) in [4.78, 5) is 0. The second kappa shape index (κ2) is 10.6. The molecule has 0 radical (unpaired) electrons. The van der Waals surface area contributed by atoms with Crippen LogP contribution in [0, 0.1) is 5.92 Å². The van der Waals surface area contributed by atoms with Crippen molar-refractivity contribution in [3.8, 4) is 0 Å². The van der Waals surface area contributed by atoms with Crippen LogP contribution in [0.4, 0.5) is 0 Å². The summed E-state index contributed by atoms with van der Waals surface area (Å²) in [5.41, 5.74) is 0.923. The van der Waals surface area contributed by atoms with Gasteiger partial charge in [-0.3, -0.25) is 8.74 Å². The van der Waals surface area contributed by atoms with Crippen molar-refractivity contribution in [2.75, 3.05) is 0 Å². The summed E-state index contributed by atoms with van der Waals surface area (Å²) in [5, 5.41) is 0. The standard InChI is InChI=1S/C22H30O3S/c1-19(2)13-7-3-4-12-18-22(25-26(23)24,20-14-8-5-9-15-20)21-16-10-6-11-17-21/h5-6,8-11,14-17,19H,3-4,7,12-13,18H2,1-2H3,(H,23,24). The molecule has 0 aliphatic heterocycles. The topological polar surface area (TPSA) is 46.5 Å². The minimum Gasteiger partial charge on any atom is -0.284 e. The predicted molar refractivity (Wildman–Crippen MR) is 108 cm³/mol. The molecule has 1 N–H and O–H groups in total. The van der Waals surface area contributed by atoms with Crippen LogP contribution >= 0.6 is 0 Å². The molecule has 3 nitrogen and oxygen atoms in total. The molecular weight excluding hydrogens is 344 g/mol. The molecule has 2 rings (SSSR count). The molecule has 0 aromatic heterocycles. The Kier molecular flexibility index (Phi) is 8.49. The van der Waals surface area contributed by atoms with Crippen LogP contribution < -0.4 is 0 Å². The van der Waals surface area contributed by atoms with Crippen molar-refractivity contribution in [2.24, 2.45) is 5.92 Å². The minimum atomic E-state index is -2.35. The van der Waals surface area contributed by atoms with Gasteiger partial charge in [0.1, 0.15) is 5.60 Å². The maximum atomic E-state index is 11.7. The van der Waals surface area contributed by atoms with Crippen molar-refractivity contribution in [3.05, 3.63) is 71.8 Å². The fraction of sp³-hybridized carbons (Fsp3) is 0.455. The molecule has 1 atom stereocenters. The quantitative estimate of drug-likeness (QED) is 0.383. The zero-order valence-corrected chi connectivity index (χ0v) is 16.6. The second-order valence-electron chi connectivity index (χ2n) is 7.21. The first-order valence-corrected chi connectivity index (χ1v) is 10.5. The lowest BCUT2D eigenvalue weighted by Crippen LogP contribution is -2.32. The number of benzene rings is 2. The fourth-order valence-electron chi connectivity index (χ4n) is 3.41. The van der Waals surface area contributed by atoms with Gasteiger partial charge in [0.2, 0.25) is 0 Å². The van der Waals surface area contributed by atoms with Gasteiger partial charge >= 0.3 is 11.4 Å². The van der Waals surface area contributed by atoms with E-state index in [-0.39, 0.29) is 0 Å². The Bertz CT molecular complexity index is 616. The number of rotatable bonds is 11. The summed E-state index contributed by atoms with van der Waals surface area (Å²) in [6.45, 7) is 4.50. The van der Waals surface area contributed by atoms with Gasteiger partial charge in [0, 0.05) is 0 Å². The molecule has 1 unspecified atom stereocenters. The number of hydrogen-bond acceptors (Lipinski definition) is 2. The largest absolute Gasteiger partial charge is 0.303 e. The molecule has 0 amide bonds. The normalized spacial score (nSPS) is 13.1. The van der Waals surface area contributed by atoms with E-state index in [1.165, 1.54) is 19.3 Å². The van der Waals surface area contributed by atoms with Crippen LogP contribution in [0.3, 0.4) is 0 Å². The third-order valence-electron chi connectivity index (χ3n) is 4.75. The third-order valence-corrected chi connectivity index (χ3v) is 5.18. The van der Waals surface area contributed by atoms with E-state index >= 15 is 0 Å². The van der Waals surface area contributed by atoms with Gasteiger partial charge in [-0.1, -0.05) is 100 Å². The summed E-state index contributed by atoms with van der Waals surface area (Å²) in [5.74, 6) is 0.739. The van der Waals surface area contributed by atoms with Crippen molar-refractivity contribution in [1.29, 1.82) is 0 Å². The molecule has 0 aliphatic carbocycles. The van der Waals surface area contributed by atoms with Crippen LogP contribution in [-0.2, 0) is 21.1 Å². The average molecular weight is 375 g/mol. The summed E-state index contributed by atoms with van der Waals surface area (Å²) in [6, 6.07) is 19.5. The van der Waals surface area contributed by atoms with Crippen molar-refractivity contribution in [2.45, 2.75) is 58.0 Å². The maximum Gasteiger partial charge on any atom is 0.303 e. The highest BCUT2D eigenvalue weighted by Crippen LogP contribution is 2.39. The predicted octanol–water partition coefficient (Wildman–Crippen LogP) is 6.08. The Labute approximate surface area is 160 Å². The molecular formula is C22H30O3S. The number of hydrogen-bond donors (Lipinski definition) is 1. The van der Waals surface area contributed by atoms with E-state index in [2.05, 4.69) is 13.8 Å². The molecule has 0 spiro atoms. The molecule has 2 aromatic rings. The highest BCUT2D eigenvalue weighted by molar-refractivity contribution is 7.74. The van der Waals surface area contributed by atoms with Gasteiger partial charge in [-0.15, -0.1) is 0 Å². The molecule has 0 heterocycles. The summed E-state index contributed by atoms with van der Waals surface area (Å²) < 4.78 is 26.9.